The van der Waals surface area contributed by atoms with Crippen LogP contribution in [0.15, 0.2) is 27.4 Å². The molecule has 0 unspecified atom stereocenters. The van der Waals surface area contributed by atoms with Crippen LogP contribution in [0.1, 0.15) is 27.7 Å². The lowest BCUT2D eigenvalue weighted by Crippen LogP contribution is -2.41. The summed E-state index contributed by atoms with van der Waals surface area (Å²) in [5.41, 5.74) is 1.25. The Morgan fingerprint density at radius 2 is 1.70 bits per heavy atom. The average Bonchev–Trinajstić information content (AvgIpc) is 2.74. The quantitative estimate of drug-likeness (QED) is 0.739. The van der Waals surface area contributed by atoms with Crippen LogP contribution >= 0.6 is 0 Å². The van der Waals surface area contributed by atoms with Crippen molar-refractivity contribution in [1.29, 1.82) is 0 Å². The van der Waals surface area contributed by atoms with Gasteiger partial charge >= 0.3 is 12.9 Å². The van der Waals surface area contributed by atoms with Crippen molar-refractivity contribution in [3.05, 3.63) is 28.7 Å². The number of oxazole rings is 1. The van der Waals surface area contributed by atoms with Gasteiger partial charge in [0.15, 0.2) is 5.58 Å². The van der Waals surface area contributed by atoms with Crippen LogP contribution in [0, 0.1) is 0 Å². The van der Waals surface area contributed by atoms with Crippen molar-refractivity contribution in [2.45, 2.75) is 38.9 Å². The highest BCUT2D eigenvalue weighted by Crippen LogP contribution is 2.36. The normalized spacial score (nSPS) is 20.8. The maximum absolute atomic E-state index is 11.7. The third-order valence-electron chi connectivity index (χ3n) is 4.34. The van der Waals surface area contributed by atoms with Gasteiger partial charge in [-0.1, -0.05) is 12.1 Å². The van der Waals surface area contributed by atoms with E-state index in [0.717, 1.165) is 11.0 Å². The summed E-state index contributed by atoms with van der Waals surface area (Å²) < 4.78 is 18.8. The molecule has 0 atom stereocenters. The highest BCUT2D eigenvalue weighted by Gasteiger charge is 2.52. The van der Waals surface area contributed by atoms with Crippen molar-refractivity contribution in [2.75, 3.05) is 0 Å². The maximum atomic E-state index is 11.7. The minimum absolute atomic E-state index is 0.385. The van der Waals surface area contributed by atoms with Crippen LogP contribution in [0.25, 0.3) is 11.1 Å². The van der Waals surface area contributed by atoms with Crippen molar-refractivity contribution in [3.63, 3.8) is 0 Å². The van der Waals surface area contributed by atoms with Gasteiger partial charge < -0.3 is 13.7 Å². The molecule has 0 radical (unpaired) electrons. The van der Waals surface area contributed by atoms with E-state index in [0.29, 0.717) is 5.58 Å². The largest absolute Gasteiger partial charge is 0.497 e. The zero-order chi connectivity index (χ0) is 14.7. The zero-order valence-electron chi connectivity index (χ0n) is 12.4. The van der Waals surface area contributed by atoms with Crippen molar-refractivity contribution in [3.8, 4) is 0 Å². The molecule has 0 bridgehead atoms. The summed E-state index contributed by atoms with van der Waals surface area (Å²) in [7, 11) is 1.18. The molecule has 106 valence electrons. The fraction of sp³-hybridized carbons (Fsp3) is 0.500. The summed E-state index contributed by atoms with van der Waals surface area (Å²) in [6.07, 6.45) is 0. The van der Waals surface area contributed by atoms with Crippen LogP contribution in [-0.4, -0.2) is 22.9 Å². The average molecular weight is 275 g/mol. The van der Waals surface area contributed by atoms with Gasteiger partial charge in [-0.15, -0.1) is 0 Å². The topological polar surface area (TPSA) is 53.6 Å². The number of hydrogen-bond donors (Lipinski definition) is 0. The number of hydrogen-bond acceptors (Lipinski definition) is 4. The number of para-hydroxylation sites is 1. The lowest BCUT2D eigenvalue weighted by atomic mass is 9.78. The van der Waals surface area contributed by atoms with Gasteiger partial charge in [-0.05, 0) is 33.8 Å². The fourth-order valence-corrected chi connectivity index (χ4v) is 2.39. The Labute approximate surface area is 117 Å². The van der Waals surface area contributed by atoms with Crippen molar-refractivity contribution in [2.24, 2.45) is 7.05 Å². The fourth-order valence-electron chi connectivity index (χ4n) is 2.39. The van der Waals surface area contributed by atoms with Crippen LogP contribution < -0.4 is 11.2 Å². The number of benzene rings is 1. The molecule has 0 saturated carbocycles. The number of aromatic nitrogens is 1. The number of aryl methyl sites for hydroxylation is 1. The van der Waals surface area contributed by atoms with E-state index in [4.69, 9.17) is 13.7 Å². The van der Waals surface area contributed by atoms with E-state index in [9.17, 15) is 4.79 Å². The highest BCUT2D eigenvalue weighted by molar-refractivity contribution is 6.64. The van der Waals surface area contributed by atoms with Gasteiger partial charge in [-0.3, -0.25) is 4.57 Å². The molecule has 1 saturated heterocycles. The number of nitrogens with zero attached hydrogens (tertiary/aromatic N) is 1. The molecule has 2 heterocycles. The molecule has 1 aromatic heterocycles. The Morgan fingerprint density at radius 1 is 1.10 bits per heavy atom. The zero-order valence-corrected chi connectivity index (χ0v) is 12.4. The standard InChI is InChI=1S/C14H18BNO4/c1-13(2)14(3,4)20-15(19-13)9-7-6-8-10-11(9)16(5)12(17)18-10/h6-8H,1-5H3. The number of fused-ring (bicyclic) bond motifs is 1. The third-order valence-corrected chi connectivity index (χ3v) is 4.34. The first-order valence-corrected chi connectivity index (χ1v) is 6.67. The van der Waals surface area contributed by atoms with Gasteiger partial charge in [0.1, 0.15) is 0 Å². The second-order valence-corrected chi connectivity index (χ2v) is 6.21. The maximum Gasteiger partial charge on any atom is 0.497 e. The second-order valence-electron chi connectivity index (χ2n) is 6.21. The van der Waals surface area contributed by atoms with Gasteiger partial charge in [-0.2, -0.15) is 0 Å². The Bertz CT molecular complexity index is 712. The summed E-state index contributed by atoms with van der Waals surface area (Å²) in [6, 6.07) is 5.51. The van der Waals surface area contributed by atoms with E-state index in [1.807, 2.05) is 39.8 Å². The lowest BCUT2D eigenvalue weighted by Gasteiger charge is -2.32. The van der Waals surface area contributed by atoms with Crippen LogP contribution in [0.5, 0.6) is 0 Å². The van der Waals surface area contributed by atoms with Crippen LogP contribution in [-0.2, 0) is 16.4 Å². The van der Waals surface area contributed by atoms with E-state index in [1.165, 1.54) is 4.57 Å². The lowest BCUT2D eigenvalue weighted by molar-refractivity contribution is 0.00578. The molecular weight excluding hydrogens is 257 g/mol. The molecule has 1 aliphatic rings. The van der Waals surface area contributed by atoms with E-state index in [2.05, 4.69) is 0 Å². The Hall–Kier alpha value is -1.53. The van der Waals surface area contributed by atoms with Crippen LogP contribution in [0.4, 0.5) is 0 Å². The second kappa shape index (κ2) is 3.99. The predicted octanol–water partition coefficient (Wildman–Crippen LogP) is 1.43. The minimum atomic E-state index is -0.508. The van der Waals surface area contributed by atoms with E-state index in [1.54, 1.807) is 13.1 Å². The van der Waals surface area contributed by atoms with Gasteiger partial charge in [-0.25, -0.2) is 4.79 Å². The van der Waals surface area contributed by atoms with E-state index < -0.39 is 18.3 Å². The molecule has 1 aromatic carbocycles. The highest BCUT2D eigenvalue weighted by atomic mass is 16.7. The predicted molar refractivity (Wildman–Crippen MR) is 77.2 cm³/mol. The van der Waals surface area contributed by atoms with E-state index >= 15 is 0 Å². The SMILES string of the molecule is Cn1c(=O)oc2cccc(B3OC(C)(C)C(C)(C)O3)c21. The van der Waals surface area contributed by atoms with Crippen LogP contribution in [0.2, 0.25) is 0 Å². The molecule has 20 heavy (non-hydrogen) atoms. The summed E-state index contributed by atoms with van der Waals surface area (Å²) in [4.78, 5) is 11.7. The van der Waals surface area contributed by atoms with Gasteiger partial charge in [0.05, 0.1) is 16.7 Å². The minimum Gasteiger partial charge on any atom is -0.408 e. The van der Waals surface area contributed by atoms with Crippen molar-refractivity contribution < 1.29 is 13.7 Å². The van der Waals surface area contributed by atoms with Gasteiger partial charge in [0.2, 0.25) is 0 Å². The monoisotopic (exact) mass is 275 g/mol. The molecule has 6 heteroatoms. The first kappa shape index (κ1) is 13.5. The summed E-state index contributed by atoms with van der Waals surface area (Å²) >= 11 is 0. The summed E-state index contributed by atoms with van der Waals surface area (Å²) in [5.74, 6) is -0.385. The molecule has 2 aromatic rings. The van der Waals surface area contributed by atoms with Gasteiger partial charge in [0.25, 0.3) is 0 Å². The molecule has 0 aliphatic carbocycles. The molecular formula is C14H18BNO4. The third kappa shape index (κ3) is 1.75. The first-order valence-electron chi connectivity index (χ1n) is 6.67. The summed E-state index contributed by atoms with van der Waals surface area (Å²) in [6.45, 7) is 8.01. The molecule has 0 spiro atoms. The smallest absolute Gasteiger partial charge is 0.408 e. The number of rotatable bonds is 1. The first-order chi connectivity index (χ1) is 9.23. The molecule has 3 rings (SSSR count). The Kier molecular flexibility index (Phi) is 2.69. The molecule has 0 N–H and O–H groups in total. The Balaban J connectivity index is 2.15. The molecule has 5 nitrogen and oxygen atoms in total. The Morgan fingerprint density at radius 3 is 2.30 bits per heavy atom. The van der Waals surface area contributed by atoms with Crippen molar-refractivity contribution >= 4 is 23.7 Å². The molecule has 1 aliphatic heterocycles. The van der Waals surface area contributed by atoms with Crippen molar-refractivity contribution in [1.82, 2.24) is 4.57 Å². The van der Waals surface area contributed by atoms with Gasteiger partial charge in [0, 0.05) is 12.5 Å². The van der Waals surface area contributed by atoms with Crippen LogP contribution in [0.3, 0.4) is 0 Å². The molecule has 1 fully saturated rings. The summed E-state index contributed by atoms with van der Waals surface area (Å²) in [5, 5.41) is 0. The van der Waals surface area contributed by atoms with E-state index in [-0.39, 0.29) is 5.76 Å². The molecule has 0 amide bonds.